The van der Waals surface area contributed by atoms with Gasteiger partial charge in [0.25, 0.3) is 0 Å². The zero-order chi connectivity index (χ0) is 20.6. The molecule has 2 N–H and O–H groups in total. The van der Waals surface area contributed by atoms with E-state index in [0.717, 1.165) is 24.7 Å². The third-order valence-corrected chi connectivity index (χ3v) is 9.35. The van der Waals surface area contributed by atoms with Crippen LogP contribution in [0.15, 0.2) is 11.6 Å². The van der Waals surface area contributed by atoms with Crippen LogP contribution in [0.4, 0.5) is 0 Å². The number of ketones is 1. The molecule has 5 nitrogen and oxygen atoms in total. The van der Waals surface area contributed by atoms with Gasteiger partial charge in [0.1, 0.15) is 11.9 Å². The van der Waals surface area contributed by atoms with Gasteiger partial charge in [-0.2, -0.15) is 0 Å². The molecule has 154 valence electrons. The number of thiol groups is 1. The van der Waals surface area contributed by atoms with E-state index in [1.807, 2.05) is 6.92 Å². The van der Waals surface area contributed by atoms with Gasteiger partial charge in [0.05, 0.1) is 12.0 Å². The Kier molecular flexibility index (Phi) is 4.54. The van der Waals surface area contributed by atoms with Gasteiger partial charge >= 0.3 is 0 Å². The molecule has 0 saturated heterocycles. The summed E-state index contributed by atoms with van der Waals surface area (Å²) in [6.45, 7) is 6.12. The summed E-state index contributed by atoms with van der Waals surface area (Å²) in [5.41, 5.74) is -1.59. The standard InChI is InChI=1S/C22H30O5S/c1-11-6-13-14-4-5-22(27,19(26)28)21(14,3)9-17(25)18(13)20(2)8-12(10-23)16(24)7-15(11)20/h7,10-14,17-18,25,27H,4-6,8-9H2,1-3H3,(H,26,28)/t11-,12?,13-,14-,17-,18+,20-,21-,22-/m0/s1. The number of carbonyl (C=O) groups is 3. The molecule has 0 aromatic heterocycles. The molecular weight excluding hydrogens is 376 g/mol. The number of aldehydes is 1. The van der Waals surface area contributed by atoms with Crippen LogP contribution in [0, 0.1) is 40.4 Å². The Hall–Kier alpha value is -0.980. The fourth-order valence-electron chi connectivity index (χ4n) is 7.72. The van der Waals surface area contributed by atoms with Crippen molar-refractivity contribution in [1.29, 1.82) is 0 Å². The second-order valence-electron chi connectivity index (χ2n) is 10.2. The summed E-state index contributed by atoms with van der Waals surface area (Å²) < 4.78 is 0. The van der Waals surface area contributed by atoms with Gasteiger partial charge in [-0.15, -0.1) is 12.6 Å². The third-order valence-electron chi connectivity index (χ3n) is 8.98. The molecule has 9 atom stereocenters. The second-order valence-corrected chi connectivity index (χ2v) is 10.6. The summed E-state index contributed by atoms with van der Waals surface area (Å²) in [5.74, 6) is -0.458. The molecular formula is C22H30O5S. The van der Waals surface area contributed by atoms with E-state index in [1.165, 1.54) is 0 Å². The Morgan fingerprint density at radius 2 is 2.00 bits per heavy atom. The molecule has 28 heavy (non-hydrogen) atoms. The summed E-state index contributed by atoms with van der Waals surface area (Å²) in [7, 11) is 0. The lowest BCUT2D eigenvalue weighted by molar-refractivity contribution is -0.178. The highest BCUT2D eigenvalue weighted by molar-refractivity contribution is 7.96. The SMILES string of the molecule is C[C@H]1C[C@@H]2[C@H]([C@@H](O)C[C@@]3(C)[C@H]2CC[C@]3(O)C(=O)S)[C@@]2(C)CC(C=O)C(=O)C=C12. The number of carbonyl (C=O) groups excluding carboxylic acids is 3. The van der Waals surface area contributed by atoms with Gasteiger partial charge in [0.2, 0.25) is 5.12 Å². The van der Waals surface area contributed by atoms with E-state index in [0.29, 0.717) is 19.3 Å². The van der Waals surface area contributed by atoms with Crippen molar-refractivity contribution in [3.63, 3.8) is 0 Å². The van der Waals surface area contributed by atoms with Crippen LogP contribution < -0.4 is 0 Å². The van der Waals surface area contributed by atoms with Crippen LogP contribution in [0.2, 0.25) is 0 Å². The Morgan fingerprint density at radius 3 is 2.61 bits per heavy atom. The predicted molar refractivity (Wildman–Crippen MR) is 107 cm³/mol. The zero-order valence-corrected chi connectivity index (χ0v) is 17.6. The lowest BCUT2D eigenvalue weighted by Crippen LogP contribution is -2.62. The number of hydrogen-bond donors (Lipinski definition) is 3. The fourth-order valence-corrected chi connectivity index (χ4v) is 8.09. The molecule has 0 heterocycles. The van der Waals surface area contributed by atoms with Crippen LogP contribution >= 0.6 is 12.6 Å². The van der Waals surface area contributed by atoms with Gasteiger partial charge in [-0.1, -0.05) is 26.3 Å². The topological polar surface area (TPSA) is 91.7 Å². The van der Waals surface area contributed by atoms with E-state index in [4.69, 9.17) is 0 Å². The maximum absolute atomic E-state index is 12.4. The number of hydrogen-bond acceptors (Lipinski definition) is 5. The fraction of sp³-hybridized carbons (Fsp3) is 0.773. The van der Waals surface area contributed by atoms with Gasteiger partial charge in [-0.25, -0.2) is 0 Å². The van der Waals surface area contributed by atoms with Crippen molar-refractivity contribution >= 4 is 29.8 Å². The average Bonchev–Trinajstić information content (AvgIpc) is 2.88. The predicted octanol–water partition coefficient (Wildman–Crippen LogP) is 2.35. The Bertz CT molecular complexity index is 777. The van der Waals surface area contributed by atoms with Crippen molar-refractivity contribution in [2.75, 3.05) is 0 Å². The van der Waals surface area contributed by atoms with E-state index >= 15 is 0 Å². The van der Waals surface area contributed by atoms with Crippen molar-refractivity contribution < 1.29 is 24.6 Å². The normalized spacial score (nSPS) is 52.9. The molecule has 0 aromatic rings. The Balaban J connectivity index is 1.80. The van der Waals surface area contributed by atoms with Gasteiger partial charge in [0.15, 0.2) is 5.78 Å². The first-order valence-corrected chi connectivity index (χ1v) is 10.8. The number of rotatable bonds is 2. The summed E-state index contributed by atoms with van der Waals surface area (Å²) in [6.07, 6.45) is 4.38. The van der Waals surface area contributed by atoms with Crippen LogP contribution in [-0.2, 0) is 14.4 Å². The highest BCUT2D eigenvalue weighted by Gasteiger charge is 2.68. The quantitative estimate of drug-likeness (QED) is 0.372. The van der Waals surface area contributed by atoms with Gasteiger partial charge in [-0.3, -0.25) is 9.59 Å². The van der Waals surface area contributed by atoms with Crippen LogP contribution in [0.5, 0.6) is 0 Å². The van der Waals surface area contributed by atoms with Crippen LogP contribution in [0.25, 0.3) is 0 Å². The number of fused-ring (bicyclic) bond motifs is 5. The summed E-state index contributed by atoms with van der Waals surface area (Å²) in [6, 6.07) is 0. The minimum absolute atomic E-state index is 0.0825. The molecule has 0 aromatic carbocycles. The molecule has 1 unspecified atom stereocenters. The molecule has 0 amide bonds. The van der Waals surface area contributed by atoms with Crippen molar-refractivity contribution in [3.05, 3.63) is 11.6 Å². The summed E-state index contributed by atoms with van der Waals surface area (Å²) in [5, 5.41) is 22.0. The summed E-state index contributed by atoms with van der Waals surface area (Å²) >= 11 is 3.98. The second kappa shape index (κ2) is 6.26. The molecule has 4 aliphatic rings. The molecule has 3 saturated carbocycles. The van der Waals surface area contributed by atoms with Crippen molar-refractivity contribution in [2.24, 2.45) is 40.4 Å². The van der Waals surface area contributed by atoms with E-state index < -0.39 is 33.6 Å². The maximum atomic E-state index is 12.4. The lowest BCUT2D eigenvalue weighted by atomic mass is 9.43. The molecule has 0 aliphatic heterocycles. The largest absolute Gasteiger partial charge is 0.393 e. The van der Waals surface area contributed by atoms with Crippen LogP contribution in [-0.4, -0.2) is 39.1 Å². The van der Waals surface area contributed by atoms with Gasteiger partial charge < -0.3 is 15.0 Å². The first-order valence-electron chi connectivity index (χ1n) is 10.3. The highest BCUT2D eigenvalue weighted by atomic mass is 32.1. The molecule has 4 rings (SSSR count). The maximum Gasteiger partial charge on any atom is 0.218 e. The number of aliphatic hydroxyl groups excluding tert-OH is 1. The van der Waals surface area contributed by atoms with Crippen LogP contribution in [0.3, 0.4) is 0 Å². The van der Waals surface area contributed by atoms with Crippen molar-refractivity contribution in [3.8, 4) is 0 Å². The van der Waals surface area contributed by atoms with Crippen LogP contribution in [0.1, 0.15) is 52.9 Å². The monoisotopic (exact) mass is 406 g/mol. The zero-order valence-electron chi connectivity index (χ0n) is 16.7. The van der Waals surface area contributed by atoms with E-state index in [2.05, 4.69) is 26.5 Å². The molecule has 6 heteroatoms. The molecule has 3 fully saturated rings. The lowest BCUT2D eigenvalue weighted by Gasteiger charge is -2.62. The minimum Gasteiger partial charge on any atom is -0.393 e. The van der Waals surface area contributed by atoms with Gasteiger partial charge in [0, 0.05) is 5.41 Å². The average molecular weight is 407 g/mol. The summed E-state index contributed by atoms with van der Waals surface area (Å²) in [4.78, 5) is 36.1. The molecule has 0 spiro atoms. The first kappa shape index (κ1) is 20.3. The third kappa shape index (κ3) is 2.37. The smallest absolute Gasteiger partial charge is 0.218 e. The highest BCUT2D eigenvalue weighted by Crippen LogP contribution is 2.68. The molecule has 4 aliphatic carbocycles. The number of aliphatic hydroxyl groups is 2. The van der Waals surface area contributed by atoms with E-state index in [1.54, 1.807) is 6.08 Å². The Labute approximate surface area is 171 Å². The number of allylic oxidation sites excluding steroid dienone is 1. The Morgan fingerprint density at radius 1 is 1.32 bits per heavy atom. The van der Waals surface area contributed by atoms with E-state index in [9.17, 15) is 24.6 Å². The molecule has 0 radical (unpaired) electrons. The van der Waals surface area contributed by atoms with Gasteiger partial charge in [-0.05, 0) is 67.3 Å². The first-order chi connectivity index (χ1) is 13.0. The molecule has 0 bridgehead atoms. The van der Waals surface area contributed by atoms with Crippen molar-refractivity contribution in [2.45, 2.75) is 64.6 Å². The minimum atomic E-state index is -1.51. The van der Waals surface area contributed by atoms with Crippen molar-refractivity contribution in [1.82, 2.24) is 0 Å². The van der Waals surface area contributed by atoms with E-state index in [-0.39, 0.29) is 29.5 Å².